The van der Waals surface area contributed by atoms with E-state index in [1.54, 1.807) is 23.2 Å². The molecule has 1 aliphatic rings. The summed E-state index contributed by atoms with van der Waals surface area (Å²) in [5.74, 6) is -0.0225. The van der Waals surface area contributed by atoms with Crippen molar-refractivity contribution in [3.05, 3.63) is 57.3 Å². The number of carbonyl (C=O) groups excluding carboxylic acids is 2. The molecule has 0 radical (unpaired) electrons. The van der Waals surface area contributed by atoms with Gasteiger partial charge in [0.25, 0.3) is 0 Å². The lowest BCUT2D eigenvalue weighted by Gasteiger charge is -2.38. The Kier molecular flexibility index (Phi) is 6.00. The van der Waals surface area contributed by atoms with E-state index in [4.69, 9.17) is 0 Å². The number of hydrogen-bond donors (Lipinski definition) is 0. The molecule has 2 atom stereocenters. The van der Waals surface area contributed by atoms with E-state index >= 15 is 0 Å². The highest BCUT2D eigenvalue weighted by atomic mass is 32.1. The lowest BCUT2D eigenvalue weighted by Crippen LogP contribution is -2.48. The van der Waals surface area contributed by atoms with Crippen LogP contribution in [0.4, 0.5) is 0 Å². The van der Waals surface area contributed by atoms with Crippen molar-refractivity contribution >= 4 is 23.2 Å². The number of amides is 2. The third kappa shape index (κ3) is 4.08. The molecule has 1 aromatic carbocycles. The van der Waals surface area contributed by atoms with Gasteiger partial charge in [-0.15, -0.1) is 11.3 Å². The molecular weight excluding hydrogens is 356 g/mol. The lowest BCUT2D eigenvalue weighted by molar-refractivity contribution is -0.142. The average molecular weight is 385 g/mol. The molecule has 4 nitrogen and oxygen atoms in total. The molecule has 144 valence electrons. The zero-order valence-corrected chi connectivity index (χ0v) is 17.4. The molecule has 0 spiro atoms. The Morgan fingerprint density at radius 3 is 2.59 bits per heavy atom. The molecule has 5 heteroatoms. The second kappa shape index (κ2) is 8.26. The number of carbonyl (C=O) groups is 2. The lowest BCUT2D eigenvalue weighted by atomic mass is 9.92. The number of rotatable bonds is 5. The third-order valence-corrected chi connectivity index (χ3v) is 6.51. The Morgan fingerprint density at radius 2 is 1.96 bits per heavy atom. The Hall–Kier alpha value is -2.14. The highest BCUT2D eigenvalue weighted by Crippen LogP contribution is 2.38. The van der Waals surface area contributed by atoms with Crippen LogP contribution in [0.1, 0.15) is 54.8 Å². The first-order valence-electron chi connectivity index (χ1n) is 9.61. The van der Waals surface area contributed by atoms with Crippen LogP contribution in [0.2, 0.25) is 0 Å². The topological polar surface area (TPSA) is 40.6 Å². The Labute approximate surface area is 165 Å². The van der Waals surface area contributed by atoms with Gasteiger partial charge in [0.15, 0.2) is 0 Å². The van der Waals surface area contributed by atoms with Crippen molar-refractivity contribution in [3.8, 4) is 0 Å². The van der Waals surface area contributed by atoms with E-state index < -0.39 is 0 Å². The van der Waals surface area contributed by atoms with Gasteiger partial charge in [-0.1, -0.05) is 36.8 Å². The molecule has 0 N–H and O–H groups in total. The number of thiophene rings is 1. The summed E-state index contributed by atoms with van der Waals surface area (Å²) < 4.78 is 0. The van der Waals surface area contributed by atoms with E-state index in [1.807, 2.05) is 18.7 Å². The van der Waals surface area contributed by atoms with Crippen molar-refractivity contribution in [3.63, 3.8) is 0 Å². The van der Waals surface area contributed by atoms with Crippen LogP contribution < -0.4 is 0 Å². The first-order valence-corrected chi connectivity index (χ1v) is 10.5. The van der Waals surface area contributed by atoms with Crippen LogP contribution in [0, 0.1) is 6.92 Å². The molecule has 2 amide bonds. The first-order chi connectivity index (χ1) is 12.9. The summed E-state index contributed by atoms with van der Waals surface area (Å²) in [5, 5.41) is 2.11. The van der Waals surface area contributed by atoms with Crippen LogP contribution in [0.5, 0.6) is 0 Å². The van der Waals surface area contributed by atoms with Gasteiger partial charge >= 0.3 is 0 Å². The fraction of sp³-hybridized carbons (Fsp3) is 0.455. The van der Waals surface area contributed by atoms with Gasteiger partial charge in [0, 0.05) is 24.4 Å². The fourth-order valence-electron chi connectivity index (χ4n) is 3.73. The Bertz CT molecular complexity index is 812. The maximum atomic E-state index is 13.3. The maximum Gasteiger partial charge on any atom is 0.243 e. The predicted octanol–water partition coefficient (Wildman–Crippen LogP) is 4.18. The minimum atomic E-state index is -0.0705. The minimum Gasteiger partial charge on any atom is -0.331 e. The van der Waals surface area contributed by atoms with Gasteiger partial charge in [0.05, 0.1) is 6.04 Å². The van der Waals surface area contributed by atoms with E-state index in [0.29, 0.717) is 6.54 Å². The summed E-state index contributed by atoms with van der Waals surface area (Å²) in [7, 11) is 0. The predicted molar refractivity (Wildman–Crippen MR) is 110 cm³/mol. The molecule has 0 fully saturated rings. The number of benzene rings is 1. The summed E-state index contributed by atoms with van der Waals surface area (Å²) in [4.78, 5) is 30.3. The van der Waals surface area contributed by atoms with Crippen molar-refractivity contribution in [2.75, 3.05) is 13.1 Å². The monoisotopic (exact) mass is 384 g/mol. The van der Waals surface area contributed by atoms with Gasteiger partial charge in [-0.05, 0) is 49.3 Å². The van der Waals surface area contributed by atoms with Crippen molar-refractivity contribution in [1.29, 1.82) is 0 Å². The van der Waals surface area contributed by atoms with Gasteiger partial charge in [0.1, 0.15) is 6.54 Å². The van der Waals surface area contributed by atoms with Crippen molar-refractivity contribution in [2.24, 2.45) is 0 Å². The van der Waals surface area contributed by atoms with Gasteiger partial charge in [-0.25, -0.2) is 0 Å². The molecule has 27 heavy (non-hydrogen) atoms. The maximum absolute atomic E-state index is 13.3. The van der Waals surface area contributed by atoms with Gasteiger partial charge in [-0.2, -0.15) is 0 Å². The van der Waals surface area contributed by atoms with Crippen LogP contribution >= 0.6 is 11.3 Å². The Balaban J connectivity index is 1.91. The van der Waals surface area contributed by atoms with Gasteiger partial charge in [-0.3, -0.25) is 9.59 Å². The summed E-state index contributed by atoms with van der Waals surface area (Å²) in [6.45, 7) is 8.49. The SMILES string of the molecule is CC[C@H](C)N(CC(=O)N1CCc2sccc2[C@@H]1c1ccc(C)cc1)C(C)=O. The van der Waals surface area contributed by atoms with Crippen molar-refractivity contribution in [1.82, 2.24) is 9.80 Å². The highest BCUT2D eigenvalue weighted by molar-refractivity contribution is 7.10. The number of nitrogens with zero attached hydrogens (tertiary/aromatic N) is 2. The van der Waals surface area contributed by atoms with E-state index in [0.717, 1.165) is 18.4 Å². The van der Waals surface area contributed by atoms with Crippen LogP contribution in [0.3, 0.4) is 0 Å². The van der Waals surface area contributed by atoms with E-state index in [2.05, 4.69) is 42.6 Å². The molecule has 3 rings (SSSR count). The van der Waals surface area contributed by atoms with Gasteiger partial charge in [0.2, 0.25) is 11.8 Å². The van der Waals surface area contributed by atoms with Crippen molar-refractivity contribution < 1.29 is 9.59 Å². The fourth-order valence-corrected chi connectivity index (χ4v) is 4.63. The van der Waals surface area contributed by atoms with Crippen LogP contribution in [-0.4, -0.2) is 40.7 Å². The normalized spacial score (nSPS) is 17.3. The summed E-state index contributed by atoms with van der Waals surface area (Å²) >= 11 is 1.77. The first kappa shape index (κ1) is 19.6. The quantitative estimate of drug-likeness (QED) is 0.776. The van der Waals surface area contributed by atoms with E-state index in [1.165, 1.54) is 16.0 Å². The molecule has 2 heterocycles. The van der Waals surface area contributed by atoms with Crippen LogP contribution in [0.15, 0.2) is 35.7 Å². The third-order valence-electron chi connectivity index (χ3n) is 5.51. The zero-order valence-electron chi connectivity index (χ0n) is 16.6. The standard InChI is InChI=1S/C22H28N2O2S/c1-5-16(3)24(17(4)25)14-21(26)23-12-10-20-19(11-13-27-20)22(23)18-8-6-15(2)7-9-18/h6-9,11,13,16,22H,5,10,12,14H2,1-4H3/t16-,22-/m0/s1. The number of fused-ring (bicyclic) bond motifs is 1. The Morgan fingerprint density at radius 1 is 1.26 bits per heavy atom. The number of hydrogen-bond acceptors (Lipinski definition) is 3. The molecule has 0 bridgehead atoms. The summed E-state index contributed by atoms with van der Waals surface area (Å²) in [6.07, 6.45) is 1.72. The molecule has 1 aliphatic heterocycles. The second-order valence-corrected chi connectivity index (χ2v) is 8.35. The molecule has 0 saturated carbocycles. The van der Waals surface area contributed by atoms with E-state index in [-0.39, 0.29) is 30.4 Å². The molecular formula is C22H28N2O2S. The molecule has 1 aromatic heterocycles. The molecule has 0 saturated heterocycles. The second-order valence-electron chi connectivity index (χ2n) is 7.35. The van der Waals surface area contributed by atoms with Crippen LogP contribution in [-0.2, 0) is 16.0 Å². The summed E-state index contributed by atoms with van der Waals surface area (Å²) in [6, 6.07) is 10.6. The van der Waals surface area contributed by atoms with Gasteiger partial charge < -0.3 is 9.80 Å². The smallest absolute Gasteiger partial charge is 0.243 e. The largest absolute Gasteiger partial charge is 0.331 e. The summed E-state index contributed by atoms with van der Waals surface area (Å²) in [5.41, 5.74) is 3.56. The zero-order chi connectivity index (χ0) is 19.6. The highest BCUT2D eigenvalue weighted by Gasteiger charge is 2.34. The minimum absolute atomic E-state index is 0.0212. The molecule has 0 aliphatic carbocycles. The van der Waals surface area contributed by atoms with Crippen molar-refractivity contribution in [2.45, 2.75) is 52.6 Å². The average Bonchev–Trinajstić information content (AvgIpc) is 3.13. The molecule has 2 aromatic rings. The molecule has 0 unspecified atom stereocenters. The van der Waals surface area contributed by atoms with Crippen LogP contribution in [0.25, 0.3) is 0 Å². The number of aryl methyl sites for hydroxylation is 1. The van der Waals surface area contributed by atoms with E-state index in [9.17, 15) is 9.59 Å².